The molecule has 0 spiro atoms. The summed E-state index contributed by atoms with van der Waals surface area (Å²) in [6, 6.07) is 0.681. The second kappa shape index (κ2) is 8.38. The summed E-state index contributed by atoms with van der Waals surface area (Å²) in [5.74, 6) is 1.55. The standard InChI is InChI=1S/C18H37NO/c1-6-17(7-2)19(12-15(3)4)13-18(14-20)10-8-16(5)9-11-18/h15-17,20H,6-14H2,1-5H3. The first-order valence-electron chi connectivity index (χ1n) is 8.81. The first-order chi connectivity index (χ1) is 9.46. The van der Waals surface area contributed by atoms with Gasteiger partial charge >= 0.3 is 0 Å². The quantitative estimate of drug-likeness (QED) is 0.717. The van der Waals surface area contributed by atoms with Crippen molar-refractivity contribution in [1.29, 1.82) is 0 Å². The molecule has 1 N–H and O–H groups in total. The zero-order chi connectivity index (χ0) is 15.2. The van der Waals surface area contributed by atoms with Gasteiger partial charge in [0.2, 0.25) is 0 Å². The molecule has 0 aromatic heterocycles. The third-order valence-corrected chi connectivity index (χ3v) is 5.27. The second-order valence-corrected chi connectivity index (χ2v) is 7.63. The Kier molecular flexibility index (Phi) is 7.53. The van der Waals surface area contributed by atoms with Gasteiger partial charge in [0.05, 0.1) is 0 Å². The predicted molar refractivity (Wildman–Crippen MR) is 87.9 cm³/mol. The first-order valence-corrected chi connectivity index (χ1v) is 8.81. The summed E-state index contributed by atoms with van der Waals surface area (Å²) in [5.41, 5.74) is 0.171. The Morgan fingerprint density at radius 2 is 1.70 bits per heavy atom. The van der Waals surface area contributed by atoms with Crippen LogP contribution in [0.5, 0.6) is 0 Å². The van der Waals surface area contributed by atoms with Crippen LogP contribution in [0, 0.1) is 17.3 Å². The van der Waals surface area contributed by atoms with Crippen molar-refractivity contribution in [2.24, 2.45) is 17.3 Å². The summed E-state index contributed by atoms with van der Waals surface area (Å²) in [6.07, 6.45) is 7.44. The van der Waals surface area contributed by atoms with E-state index in [4.69, 9.17) is 0 Å². The van der Waals surface area contributed by atoms with Crippen molar-refractivity contribution < 1.29 is 5.11 Å². The molecule has 0 unspecified atom stereocenters. The predicted octanol–water partition coefficient (Wildman–Crippen LogP) is 4.32. The molecule has 120 valence electrons. The summed E-state index contributed by atoms with van der Waals surface area (Å²) in [7, 11) is 0. The van der Waals surface area contributed by atoms with Crippen molar-refractivity contribution in [3.05, 3.63) is 0 Å². The largest absolute Gasteiger partial charge is 0.396 e. The van der Waals surface area contributed by atoms with Gasteiger partial charge in [-0.3, -0.25) is 4.90 Å². The van der Waals surface area contributed by atoms with Crippen molar-refractivity contribution in [3.63, 3.8) is 0 Å². The van der Waals surface area contributed by atoms with Gasteiger partial charge in [-0.05, 0) is 37.5 Å². The molecule has 1 aliphatic rings. The fraction of sp³-hybridized carbons (Fsp3) is 1.00. The minimum atomic E-state index is 0.171. The maximum atomic E-state index is 10.0. The third-order valence-electron chi connectivity index (χ3n) is 5.27. The minimum absolute atomic E-state index is 0.171. The monoisotopic (exact) mass is 283 g/mol. The van der Waals surface area contributed by atoms with Crippen LogP contribution < -0.4 is 0 Å². The molecule has 0 saturated heterocycles. The van der Waals surface area contributed by atoms with Gasteiger partial charge in [-0.1, -0.05) is 47.5 Å². The topological polar surface area (TPSA) is 23.5 Å². The fourth-order valence-corrected chi connectivity index (χ4v) is 3.79. The second-order valence-electron chi connectivity index (χ2n) is 7.63. The van der Waals surface area contributed by atoms with Crippen molar-refractivity contribution in [2.75, 3.05) is 19.7 Å². The van der Waals surface area contributed by atoms with Crippen LogP contribution >= 0.6 is 0 Å². The van der Waals surface area contributed by atoms with E-state index in [0.29, 0.717) is 18.6 Å². The Balaban J connectivity index is 2.74. The number of nitrogens with zero attached hydrogens (tertiary/aromatic N) is 1. The molecule has 0 bridgehead atoms. The van der Waals surface area contributed by atoms with Crippen LogP contribution in [0.15, 0.2) is 0 Å². The number of aliphatic hydroxyl groups is 1. The summed E-state index contributed by atoms with van der Waals surface area (Å²) in [5, 5.41) is 10.0. The van der Waals surface area contributed by atoms with Gasteiger partial charge in [0.15, 0.2) is 0 Å². The summed E-state index contributed by atoms with van der Waals surface area (Å²) < 4.78 is 0. The van der Waals surface area contributed by atoms with Gasteiger partial charge in [-0.2, -0.15) is 0 Å². The highest BCUT2D eigenvalue weighted by Crippen LogP contribution is 2.39. The lowest BCUT2D eigenvalue weighted by Gasteiger charge is -2.44. The number of aliphatic hydroxyl groups excluding tert-OH is 1. The van der Waals surface area contributed by atoms with Gasteiger partial charge in [0.1, 0.15) is 0 Å². The highest BCUT2D eigenvalue weighted by atomic mass is 16.3. The average Bonchev–Trinajstić information content (AvgIpc) is 2.42. The Labute approximate surface area is 126 Å². The lowest BCUT2D eigenvalue weighted by molar-refractivity contribution is 0.00979. The maximum absolute atomic E-state index is 10.0. The van der Waals surface area contributed by atoms with Gasteiger partial charge in [-0.25, -0.2) is 0 Å². The number of hydrogen-bond acceptors (Lipinski definition) is 2. The van der Waals surface area contributed by atoms with Crippen LogP contribution in [0.3, 0.4) is 0 Å². The SMILES string of the molecule is CCC(CC)N(CC(C)C)CC1(CO)CCC(C)CC1. The highest BCUT2D eigenvalue weighted by Gasteiger charge is 2.36. The molecule has 0 aliphatic heterocycles. The molecule has 0 aromatic rings. The van der Waals surface area contributed by atoms with Crippen LogP contribution in [-0.2, 0) is 0 Å². The fourth-order valence-electron chi connectivity index (χ4n) is 3.79. The summed E-state index contributed by atoms with van der Waals surface area (Å²) in [6.45, 7) is 14.2. The van der Waals surface area contributed by atoms with Crippen LogP contribution in [0.4, 0.5) is 0 Å². The normalized spacial score (nSPS) is 27.8. The molecular formula is C18H37NO. The van der Waals surface area contributed by atoms with Gasteiger partial charge in [0, 0.05) is 31.2 Å². The molecule has 1 fully saturated rings. The van der Waals surface area contributed by atoms with Crippen molar-refractivity contribution >= 4 is 0 Å². The minimum Gasteiger partial charge on any atom is -0.396 e. The van der Waals surface area contributed by atoms with E-state index in [1.807, 2.05) is 0 Å². The van der Waals surface area contributed by atoms with Crippen molar-refractivity contribution in [1.82, 2.24) is 4.90 Å². The molecule has 0 amide bonds. The molecular weight excluding hydrogens is 246 g/mol. The molecule has 0 atom stereocenters. The summed E-state index contributed by atoms with van der Waals surface area (Å²) in [4.78, 5) is 2.68. The van der Waals surface area contributed by atoms with E-state index in [9.17, 15) is 5.11 Å². The summed E-state index contributed by atoms with van der Waals surface area (Å²) >= 11 is 0. The van der Waals surface area contributed by atoms with Crippen LogP contribution in [-0.4, -0.2) is 35.7 Å². The van der Waals surface area contributed by atoms with E-state index >= 15 is 0 Å². The molecule has 1 aliphatic carbocycles. The van der Waals surface area contributed by atoms with Crippen molar-refractivity contribution in [2.45, 2.75) is 79.2 Å². The van der Waals surface area contributed by atoms with Crippen LogP contribution in [0.25, 0.3) is 0 Å². The number of rotatable bonds is 8. The smallest absolute Gasteiger partial charge is 0.0499 e. The lowest BCUT2D eigenvalue weighted by Crippen LogP contribution is -2.47. The van der Waals surface area contributed by atoms with E-state index in [1.54, 1.807) is 0 Å². The van der Waals surface area contributed by atoms with E-state index < -0.39 is 0 Å². The van der Waals surface area contributed by atoms with Crippen LogP contribution in [0.1, 0.15) is 73.1 Å². The maximum Gasteiger partial charge on any atom is 0.0499 e. The Morgan fingerprint density at radius 3 is 2.10 bits per heavy atom. The average molecular weight is 284 g/mol. The molecule has 0 radical (unpaired) electrons. The third kappa shape index (κ3) is 5.04. The van der Waals surface area contributed by atoms with E-state index in [-0.39, 0.29) is 5.41 Å². The van der Waals surface area contributed by atoms with Crippen LogP contribution in [0.2, 0.25) is 0 Å². The molecule has 2 nitrogen and oxygen atoms in total. The van der Waals surface area contributed by atoms with E-state index in [0.717, 1.165) is 12.5 Å². The van der Waals surface area contributed by atoms with E-state index in [1.165, 1.54) is 45.1 Å². The highest BCUT2D eigenvalue weighted by molar-refractivity contribution is 4.88. The van der Waals surface area contributed by atoms with E-state index in [2.05, 4.69) is 39.5 Å². The Morgan fingerprint density at radius 1 is 1.15 bits per heavy atom. The molecule has 0 aromatic carbocycles. The number of hydrogen-bond donors (Lipinski definition) is 1. The zero-order valence-electron chi connectivity index (χ0n) is 14.5. The van der Waals surface area contributed by atoms with Crippen molar-refractivity contribution in [3.8, 4) is 0 Å². The first kappa shape index (κ1) is 18.0. The molecule has 1 rings (SSSR count). The van der Waals surface area contributed by atoms with Gasteiger partial charge in [-0.15, -0.1) is 0 Å². The van der Waals surface area contributed by atoms with Gasteiger partial charge < -0.3 is 5.11 Å². The zero-order valence-corrected chi connectivity index (χ0v) is 14.5. The van der Waals surface area contributed by atoms with Gasteiger partial charge in [0.25, 0.3) is 0 Å². The molecule has 1 saturated carbocycles. The lowest BCUT2D eigenvalue weighted by atomic mass is 9.70. The molecule has 0 heterocycles. The Hall–Kier alpha value is -0.0800. The molecule has 2 heteroatoms. The Bertz CT molecular complexity index is 252. The molecule has 20 heavy (non-hydrogen) atoms.